The van der Waals surface area contributed by atoms with Gasteiger partial charge in [-0.1, -0.05) is 45.9 Å². The second-order valence-corrected chi connectivity index (χ2v) is 7.62. The van der Waals surface area contributed by atoms with Gasteiger partial charge in [-0.3, -0.25) is 0 Å². The summed E-state index contributed by atoms with van der Waals surface area (Å²) in [4.78, 5) is 12.7. The second-order valence-electron chi connectivity index (χ2n) is 7.62. The van der Waals surface area contributed by atoms with Crippen LogP contribution >= 0.6 is 0 Å². The summed E-state index contributed by atoms with van der Waals surface area (Å²) >= 11 is 0. The van der Waals surface area contributed by atoms with Crippen molar-refractivity contribution in [1.82, 2.24) is 19.5 Å². The zero-order chi connectivity index (χ0) is 19.6. The molecule has 0 aliphatic rings. The van der Waals surface area contributed by atoms with E-state index < -0.39 is 0 Å². The van der Waals surface area contributed by atoms with Crippen molar-refractivity contribution in [2.24, 2.45) is 7.05 Å². The molecular weight excluding hydrogens is 332 g/mol. The maximum Gasteiger partial charge on any atom is 0.116 e. The lowest BCUT2D eigenvalue weighted by Crippen LogP contribution is -1.90. The number of fused-ring (bicyclic) bond motifs is 2. The molecule has 4 rings (SSSR count). The average Bonchev–Trinajstić information content (AvgIpc) is 2.95. The molecule has 0 unspecified atom stereocenters. The molecule has 0 radical (unpaired) electrons. The highest BCUT2D eigenvalue weighted by atomic mass is 15.0. The Balaban J connectivity index is 0.000000156. The van der Waals surface area contributed by atoms with Crippen molar-refractivity contribution in [3.63, 3.8) is 0 Å². The number of hydrogen-bond donors (Lipinski definition) is 0. The lowest BCUT2D eigenvalue weighted by molar-refractivity contribution is 0.867. The molecule has 0 atom stereocenters. The van der Waals surface area contributed by atoms with Crippen LogP contribution < -0.4 is 0 Å². The first-order valence-corrected chi connectivity index (χ1v) is 9.49. The van der Waals surface area contributed by atoms with Crippen molar-refractivity contribution in [1.29, 1.82) is 0 Å². The normalized spacial score (nSPS) is 11.3. The Morgan fingerprint density at radius 1 is 0.852 bits per heavy atom. The van der Waals surface area contributed by atoms with Gasteiger partial charge in [0.2, 0.25) is 0 Å². The molecule has 0 amide bonds. The zero-order valence-corrected chi connectivity index (χ0v) is 17.1. The summed E-state index contributed by atoms with van der Waals surface area (Å²) in [5.41, 5.74) is 6.03. The highest BCUT2D eigenvalue weighted by Crippen LogP contribution is 2.21. The number of aromatic nitrogens is 4. The highest BCUT2D eigenvalue weighted by Gasteiger charge is 2.06. The lowest BCUT2D eigenvalue weighted by Gasteiger charge is -2.05. The van der Waals surface area contributed by atoms with Gasteiger partial charge in [0.25, 0.3) is 0 Å². The summed E-state index contributed by atoms with van der Waals surface area (Å²) < 4.78 is 2.12. The van der Waals surface area contributed by atoms with Crippen LogP contribution in [0.1, 0.15) is 56.5 Å². The summed E-state index contributed by atoms with van der Waals surface area (Å²) in [5, 5.41) is 1.10. The molecule has 140 valence electrons. The topological polar surface area (TPSA) is 43.6 Å². The van der Waals surface area contributed by atoms with E-state index in [2.05, 4.69) is 90.7 Å². The summed E-state index contributed by atoms with van der Waals surface area (Å²) in [5.74, 6) is 2.20. The van der Waals surface area contributed by atoms with E-state index in [1.807, 2.05) is 13.1 Å². The van der Waals surface area contributed by atoms with Crippen molar-refractivity contribution in [3.8, 4) is 0 Å². The first-order chi connectivity index (χ1) is 12.9. The Morgan fingerprint density at radius 3 is 2.15 bits per heavy atom. The number of imidazole rings is 1. The van der Waals surface area contributed by atoms with E-state index in [0.29, 0.717) is 11.8 Å². The lowest BCUT2D eigenvalue weighted by atomic mass is 10.0. The third-order valence-electron chi connectivity index (χ3n) is 4.99. The fourth-order valence-electron chi connectivity index (χ4n) is 3.05. The molecule has 0 saturated heterocycles. The van der Waals surface area contributed by atoms with E-state index in [-0.39, 0.29) is 0 Å². The molecule has 0 bridgehead atoms. The molecule has 0 N–H and O–H groups in total. The smallest absolute Gasteiger partial charge is 0.116 e. The van der Waals surface area contributed by atoms with Crippen LogP contribution in [-0.2, 0) is 7.05 Å². The van der Waals surface area contributed by atoms with Gasteiger partial charge in [0.15, 0.2) is 0 Å². The van der Waals surface area contributed by atoms with E-state index >= 15 is 0 Å². The fourth-order valence-corrected chi connectivity index (χ4v) is 3.05. The number of nitrogens with zero attached hydrogens (tertiary/aromatic N) is 4. The van der Waals surface area contributed by atoms with E-state index in [0.717, 1.165) is 22.2 Å². The van der Waals surface area contributed by atoms with Crippen LogP contribution in [0.25, 0.3) is 21.9 Å². The Hall–Kier alpha value is -2.75. The molecule has 4 nitrogen and oxygen atoms in total. The number of benzene rings is 2. The van der Waals surface area contributed by atoms with Gasteiger partial charge in [0.1, 0.15) is 12.2 Å². The van der Waals surface area contributed by atoms with Gasteiger partial charge in [-0.2, -0.15) is 0 Å². The average molecular weight is 361 g/mol. The van der Waals surface area contributed by atoms with Crippen LogP contribution in [0.15, 0.2) is 48.9 Å². The summed E-state index contributed by atoms with van der Waals surface area (Å²) in [7, 11) is 2.06. The zero-order valence-electron chi connectivity index (χ0n) is 17.1. The minimum absolute atomic E-state index is 0.555. The van der Waals surface area contributed by atoms with E-state index in [4.69, 9.17) is 0 Å². The van der Waals surface area contributed by atoms with Crippen LogP contribution in [-0.4, -0.2) is 19.5 Å². The van der Waals surface area contributed by atoms with Crippen molar-refractivity contribution in [3.05, 3.63) is 65.9 Å². The molecule has 2 aromatic heterocycles. The van der Waals surface area contributed by atoms with Crippen LogP contribution in [0.3, 0.4) is 0 Å². The molecular formula is C23H28N4. The molecule has 2 aromatic carbocycles. The monoisotopic (exact) mass is 360 g/mol. The molecule has 0 saturated carbocycles. The van der Waals surface area contributed by atoms with Gasteiger partial charge in [0.05, 0.1) is 16.6 Å². The molecule has 4 aromatic rings. The summed E-state index contributed by atoms with van der Waals surface area (Å²) in [6, 6.07) is 12.9. The Morgan fingerprint density at radius 2 is 1.48 bits per heavy atom. The third-order valence-corrected chi connectivity index (χ3v) is 4.99. The minimum Gasteiger partial charge on any atom is -0.331 e. The van der Waals surface area contributed by atoms with Crippen molar-refractivity contribution in [2.45, 2.75) is 46.5 Å². The molecule has 0 aliphatic carbocycles. The van der Waals surface area contributed by atoms with Gasteiger partial charge < -0.3 is 4.57 Å². The Bertz CT molecular complexity index is 1060. The van der Waals surface area contributed by atoms with Crippen molar-refractivity contribution >= 4 is 21.9 Å². The largest absolute Gasteiger partial charge is 0.331 e. The van der Waals surface area contributed by atoms with Crippen LogP contribution in [0.5, 0.6) is 0 Å². The standard InChI is InChI=1S/C12H16N2.C11H12N2/c1-8(2)10-5-6-12-11(7-10)13-9(3)14(12)4;1-8(2)9-3-4-10-6-12-7-13-11(10)5-9/h5-8H,1-4H3;3-8H,1-2H3. The van der Waals surface area contributed by atoms with Gasteiger partial charge in [-0.15, -0.1) is 0 Å². The maximum atomic E-state index is 4.52. The highest BCUT2D eigenvalue weighted by molar-refractivity contribution is 5.78. The molecule has 0 aliphatic heterocycles. The van der Waals surface area contributed by atoms with Crippen LogP contribution in [0, 0.1) is 6.92 Å². The predicted octanol–water partition coefficient (Wildman–Crippen LogP) is 5.76. The molecule has 4 heteroatoms. The van der Waals surface area contributed by atoms with Gasteiger partial charge in [-0.25, -0.2) is 15.0 Å². The first kappa shape index (κ1) is 19.0. The third kappa shape index (κ3) is 4.16. The van der Waals surface area contributed by atoms with E-state index in [1.165, 1.54) is 16.6 Å². The maximum absolute atomic E-state index is 4.52. The van der Waals surface area contributed by atoms with Crippen molar-refractivity contribution < 1.29 is 0 Å². The van der Waals surface area contributed by atoms with E-state index in [9.17, 15) is 0 Å². The second kappa shape index (κ2) is 7.87. The Kier molecular flexibility index (Phi) is 5.54. The molecule has 2 heterocycles. The van der Waals surface area contributed by atoms with Crippen LogP contribution in [0.4, 0.5) is 0 Å². The first-order valence-electron chi connectivity index (χ1n) is 9.49. The number of aryl methyl sites for hydroxylation is 2. The fraction of sp³-hybridized carbons (Fsp3) is 0.348. The van der Waals surface area contributed by atoms with Gasteiger partial charge in [0, 0.05) is 18.6 Å². The quantitative estimate of drug-likeness (QED) is 0.456. The van der Waals surface area contributed by atoms with Gasteiger partial charge >= 0.3 is 0 Å². The van der Waals surface area contributed by atoms with E-state index in [1.54, 1.807) is 6.33 Å². The van der Waals surface area contributed by atoms with Crippen molar-refractivity contribution in [2.75, 3.05) is 0 Å². The molecule has 27 heavy (non-hydrogen) atoms. The summed E-state index contributed by atoms with van der Waals surface area (Å²) in [6.07, 6.45) is 3.43. The van der Waals surface area contributed by atoms with Crippen LogP contribution in [0.2, 0.25) is 0 Å². The number of hydrogen-bond acceptors (Lipinski definition) is 3. The van der Waals surface area contributed by atoms with Gasteiger partial charge in [-0.05, 0) is 48.1 Å². The minimum atomic E-state index is 0.555. The molecule has 0 spiro atoms. The predicted molar refractivity (Wildman–Crippen MR) is 113 cm³/mol. The summed E-state index contributed by atoms with van der Waals surface area (Å²) in [6.45, 7) is 10.8. The Labute approximate surface area is 161 Å². The number of rotatable bonds is 2. The molecule has 0 fully saturated rings. The SMILES string of the molecule is CC(C)c1ccc2cncnc2c1.Cc1nc2cc(C(C)C)ccc2n1C.